The third-order valence-electron chi connectivity index (χ3n) is 2.12. The Kier molecular flexibility index (Phi) is 4.98. The van der Waals surface area contributed by atoms with E-state index >= 15 is 0 Å². The highest BCUT2D eigenvalue weighted by molar-refractivity contribution is 5.91. The molecule has 1 aromatic carbocycles. The van der Waals surface area contributed by atoms with Gasteiger partial charge >= 0.3 is 12.1 Å². The van der Waals surface area contributed by atoms with Crippen LogP contribution in [-0.4, -0.2) is 28.9 Å². The fourth-order valence-corrected chi connectivity index (χ4v) is 1.18. The van der Waals surface area contributed by atoms with Crippen LogP contribution in [0.5, 0.6) is 11.5 Å². The lowest BCUT2D eigenvalue weighted by molar-refractivity contribution is 0.0693. The van der Waals surface area contributed by atoms with Gasteiger partial charge in [0, 0.05) is 6.07 Å². The molecule has 6 nitrogen and oxygen atoms in total. The molecule has 1 aromatic rings. The summed E-state index contributed by atoms with van der Waals surface area (Å²) in [6.07, 6.45) is 0.741. The van der Waals surface area contributed by atoms with Crippen molar-refractivity contribution in [2.75, 3.05) is 6.61 Å². The van der Waals surface area contributed by atoms with Crippen molar-refractivity contribution in [3.05, 3.63) is 23.8 Å². The maximum absolute atomic E-state index is 11.2. The number of carbonyl (C=O) groups is 2. The molecule has 0 radical (unpaired) electrons. The van der Waals surface area contributed by atoms with E-state index in [1.807, 2.05) is 6.92 Å². The van der Waals surface area contributed by atoms with Crippen molar-refractivity contribution in [3.8, 4) is 11.5 Å². The number of rotatable bonds is 5. The molecular formula is C12H14O6. The van der Waals surface area contributed by atoms with Gasteiger partial charge in [0.1, 0.15) is 17.1 Å². The van der Waals surface area contributed by atoms with Gasteiger partial charge in [0.05, 0.1) is 6.61 Å². The van der Waals surface area contributed by atoms with Crippen molar-refractivity contribution in [1.82, 2.24) is 0 Å². The Bertz CT molecular complexity index is 440. The fourth-order valence-electron chi connectivity index (χ4n) is 1.18. The van der Waals surface area contributed by atoms with Gasteiger partial charge < -0.3 is 19.7 Å². The molecule has 2 N–H and O–H groups in total. The average Bonchev–Trinajstić information content (AvgIpc) is 2.28. The number of carboxylic acid groups (broad SMARTS) is 1. The molecule has 0 aliphatic carbocycles. The number of hydrogen-bond acceptors (Lipinski definition) is 5. The Labute approximate surface area is 104 Å². The number of benzene rings is 1. The molecule has 0 heterocycles. The van der Waals surface area contributed by atoms with Gasteiger partial charge in [-0.1, -0.05) is 13.3 Å². The summed E-state index contributed by atoms with van der Waals surface area (Å²) < 4.78 is 9.51. The topological polar surface area (TPSA) is 93.1 Å². The molecule has 0 spiro atoms. The van der Waals surface area contributed by atoms with Gasteiger partial charge in [0.15, 0.2) is 0 Å². The maximum Gasteiger partial charge on any atom is 0.513 e. The van der Waals surface area contributed by atoms with Crippen LogP contribution in [-0.2, 0) is 4.74 Å². The van der Waals surface area contributed by atoms with Gasteiger partial charge in [-0.25, -0.2) is 9.59 Å². The van der Waals surface area contributed by atoms with Crippen LogP contribution in [0.1, 0.15) is 30.1 Å². The molecular weight excluding hydrogens is 240 g/mol. The number of aromatic carboxylic acids is 1. The van der Waals surface area contributed by atoms with E-state index in [2.05, 4.69) is 0 Å². The molecule has 0 saturated carbocycles. The number of phenols is 1. The maximum atomic E-state index is 11.2. The monoisotopic (exact) mass is 254 g/mol. The highest BCUT2D eigenvalue weighted by Gasteiger charge is 2.12. The van der Waals surface area contributed by atoms with E-state index in [-0.39, 0.29) is 17.9 Å². The normalized spacial score (nSPS) is 9.83. The lowest BCUT2D eigenvalue weighted by Crippen LogP contribution is -2.11. The Hall–Kier alpha value is -2.24. The molecule has 18 heavy (non-hydrogen) atoms. The highest BCUT2D eigenvalue weighted by atomic mass is 16.7. The summed E-state index contributed by atoms with van der Waals surface area (Å²) in [5, 5.41) is 18.1. The van der Waals surface area contributed by atoms with Gasteiger partial charge in [0.2, 0.25) is 0 Å². The first-order valence-corrected chi connectivity index (χ1v) is 5.45. The third kappa shape index (κ3) is 3.97. The molecule has 6 heteroatoms. The number of hydrogen-bond donors (Lipinski definition) is 2. The van der Waals surface area contributed by atoms with Gasteiger partial charge in [-0.05, 0) is 18.6 Å². The molecule has 0 aromatic heterocycles. The lowest BCUT2D eigenvalue weighted by atomic mass is 10.2. The molecule has 0 aliphatic heterocycles. The molecule has 0 bridgehead atoms. The second-order valence-electron chi connectivity index (χ2n) is 3.54. The SMILES string of the molecule is CCCCOC(=O)Oc1ccc(C(=O)O)c(O)c1. The van der Waals surface area contributed by atoms with E-state index in [1.54, 1.807) is 0 Å². The summed E-state index contributed by atoms with van der Waals surface area (Å²) in [6.45, 7) is 2.21. The molecule has 0 fully saturated rings. The van der Waals surface area contributed by atoms with Crippen LogP contribution >= 0.6 is 0 Å². The van der Waals surface area contributed by atoms with E-state index in [9.17, 15) is 14.7 Å². The molecule has 0 unspecified atom stereocenters. The molecule has 1 rings (SSSR count). The van der Waals surface area contributed by atoms with Crippen LogP contribution in [0.4, 0.5) is 4.79 Å². The first kappa shape index (κ1) is 13.8. The van der Waals surface area contributed by atoms with Crippen LogP contribution in [0.25, 0.3) is 0 Å². The number of ether oxygens (including phenoxy) is 2. The van der Waals surface area contributed by atoms with E-state index < -0.39 is 17.9 Å². The van der Waals surface area contributed by atoms with Gasteiger partial charge in [-0.15, -0.1) is 0 Å². The molecule has 0 atom stereocenters. The number of carboxylic acids is 1. The lowest BCUT2D eigenvalue weighted by Gasteiger charge is -2.06. The van der Waals surface area contributed by atoms with Crippen molar-refractivity contribution in [2.24, 2.45) is 0 Å². The van der Waals surface area contributed by atoms with E-state index in [0.29, 0.717) is 0 Å². The van der Waals surface area contributed by atoms with Crippen LogP contribution in [0, 0.1) is 0 Å². The predicted octanol–water partition coefficient (Wildman–Crippen LogP) is 2.41. The Morgan fingerprint density at radius 2 is 2.06 bits per heavy atom. The predicted molar refractivity (Wildman–Crippen MR) is 62.0 cm³/mol. The van der Waals surface area contributed by atoms with Crippen LogP contribution in [0.2, 0.25) is 0 Å². The van der Waals surface area contributed by atoms with Crippen LogP contribution < -0.4 is 4.74 Å². The number of aromatic hydroxyl groups is 1. The van der Waals surface area contributed by atoms with E-state index in [4.69, 9.17) is 14.6 Å². The summed E-state index contributed by atoms with van der Waals surface area (Å²) in [5.41, 5.74) is -0.262. The van der Waals surface area contributed by atoms with Crippen molar-refractivity contribution < 1.29 is 29.3 Å². The summed E-state index contributed by atoms with van der Waals surface area (Å²) in [6, 6.07) is 3.46. The van der Waals surface area contributed by atoms with E-state index in [0.717, 1.165) is 25.0 Å². The minimum atomic E-state index is -1.26. The van der Waals surface area contributed by atoms with Gasteiger partial charge in [-0.2, -0.15) is 0 Å². The Balaban J connectivity index is 2.60. The Morgan fingerprint density at radius 3 is 2.61 bits per heavy atom. The van der Waals surface area contributed by atoms with Gasteiger partial charge in [-0.3, -0.25) is 0 Å². The zero-order valence-corrected chi connectivity index (χ0v) is 9.88. The molecule has 98 valence electrons. The Morgan fingerprint density at radius 1 is 1.33 bits per heavy atom. The van der Waals surface area contributed by atoms with Crippen LogP contribution in [0.3, 0.4) is 0 Å². The standard InChI is InChI=1S/C12H14O6/c1-2-3-6-17-12(16)18-8-4-5-9(11(14)15)10(13)7-8/h4-5,7,13H,2-3,6H2,1H3,(H,14,15). The minimum Gasteiger partial charge on any atom is -0.507 e. The zero-order chi connectivity index (χ0) is 13.5. The zero-order valence-electron chi connectivity index (χ0n) is 9.88. The second kappa shape index (κ2) is 6.48. The number of carbonyl (C=O) groups excluding carboxylic acids is 1. The van der Waals surface area contributed by atoms with Crippen LogP contribution in [0.15, 0.2) is 18.2 Å². The molecule has 0 saturated heterocycles. The number of unbranched alkanes of at least 4 members (excludes halogenated alkanes) is 1. The molecule has 0 aliphatic rings. The summed E-state index contributed by atoms with van der Waals surface area (Å²) in [5.74, 6) is -1.70. The fraction of sp³-hybridized carbons (Fsp3) is 0.333. The quantitative estimate of drug-likeness (QED) is 0.476. The first-order valence-electron chi connectivity index (χ1n) is 5.45. The third-order valence-corrected chi connectivity index (χ3v) is 2.12. The average molecular weight is 254 g/mol. The van der Waals surface area contributed by atoms with Gasteiger partial charge in [0.25, 0.3) is 0 Å². The second-order valence-corrected chi connectivity index (χ2v) is 3.54. The summed E-state index contributed by atoms with van der Waals surface area (Å²) in [7, 11) is 0. The summed E-state index contributed by atoms with van der Waals surface area (Å²) >= 11 is 0. The van der Waals surface area contributed by atoms with Crippen molar-refractivity contribution in [1.29, 1.82) is 0 Å². The van der Waals surface area contributed by atoms with Crippen molar-refractivity contribution >= 4 is 12.1 Å². The largest absolute Gasteiger partial charge is 0.513 e. The van der Waals surface area contributed by atoms with E-state index in [1.165, 1.54) is 6.07 Å². The van der Waals surface area contributed by atoms with Crippen molar-refractivity contribution in [3.63, 3.8) is 0 Å². The minimum absolute atomic E-state index is 0.0269. The van der Waals surface area contributed by atoms with Crippen molar-refractivity contribution in [2.45, 2.75) is 19.8 Å². The molecule has 0 amide bonds. The summed E-state index contributed by atoms with van der Waals surface area (Å²) in [4.78, 5) is 21.8. The first-order chi connectivity index (χ1) is 8.54. The smallest absolute Gasteiger partial charge is 0.507 e. The highest BCUT2D eigenvalue weighted by Crippen LogP contribution is 2.23.